The van der Waals surface area contributed by atoms with Crippen molar-refractivity contribution in [1.29, 1.82) is 0 Å². The summed E-state index contributed by atoms with van der Waals surface area (Å²) in [7, 11) is 0. The molecular weight excluding hydrogens is 220 g/mol. The molecule has 0 aliphatic rings. The van der Waals surface area contributed by atoms with E-state index < -0.39 is 5.97 Å². The lowest BCUT2D eigenvalue weighted by molar-refractivity contribution is -0.138. The maximum Gasteiger partial charge on any atom is 0.310 e. The number of ether oxygens (including phenoxy) is 1. The van der Waals surface area contributed by atoms with Gasteiger partial charge in [-0.15, -0.1) is 0 Å². The molecule has 4 heteroatoms. The molecule has 0 aromatic heterocycles. The average molecular weight is 242 g/mol. The zero-order chi connectivity index (χ0) is 12.9. The molecule has 0 spiro atoms. The lowest BCUT2D eigenvalue weighted by Crippen LogP contribution is -1.98. The molecule has 0 aromatic rings. The van der Waals surface area contributed by atoms with Gasteiger partial charge in [0.25, 0.3) is 0 Å². The fourth-order valence-electron chi connectivity index (χ4n) is 1.46. The number of carboxylic acid groups (broad SMARTS) is 1. The molecule has 0 heterocycles. The number of rotatable bonds is 10. The van der Waals surface area contributed by atoms with Gasteiger partial charge in [0.05, 0.1) is 6.26 Å². The Balaban J connectivity index is 3.18. The van der Waals surface area contributed by atoms with Crippen LogP contribution in [0.5, 0.6) is 0 Å². The molecule has 0 bridgehead atoms. The zero-order valence-electron chi connectivity index (χ0n) is 10.5. The van der Waals surface area contributed by atoms with Gasteiger partial charge in [0, 0.05) is 12.8 Å². The standard InChI is InChI=1S/C13H22O4/c1-2-11-17-13(16)10-8-6-4-3-5-7-9-12(14)15/h2,11H,3-10H2,1H3,(H,14,15). The van der Waals surface area contributed by atoms with Gasteiger partial charge in [0.1, 0.15) is 0 Å². The van der Waals surface area contributed by atoms with Gasteiger partial charge in [-0.3, -0.25) is 9.59 Å². The molecule has 0 aromatic carbocycles. The summed E-state index contributed by atoms with van der Waals surface area (Å²) in [6, 6.07) is 0. The molecule has 0 amide bonds. The van der Waals surface area contributed by atoms with Crippen LogP contribution in [-0.2, 0) is 14.3 Å². The highest BCUT2D eigenvalue weighted by atomic mass is 16.5. The minimum Gasteiger partial charge on any atom is -0.481 e. The third kappa shape index (κ3) is 12.6. The first-order chi connectivity index (χ1) is 8.16. The van der Waals surface area contributed by atoms with E-state index in [1.807, 2.05) is 0 Å². The third-order valence-corrected chi connectivity index (χ3v) is 2.36. The highest BCUT2D eigenvalue weighted by molar-refractivity contribution is 5.69. The summed E-state index contributed by atoms with van der Waals surface area (Å²) in [5.74, 6) is -0.911. The monoisotopic (exact) mass is 242 g/mol. The van der Waals surface area contributed by atoms with E-state index in [4.69, 9.17) is 9.84 Å². The van der Waals surface area contributed by atoms with Crippen LogP contribution >= 0.6 is 0 Å². The maximum atomic E-state index is 11.1. The van der Waals surface area contributed by atoms with Crippen molar-refractivity contribution in [3.05, 3.63) is 12.3 Å². The van der Waals surface area contributed by atoms with E-state index in [2.05, 4.69) is 0 Å². The second-order valence-corrected chi connectivity index (χ2v) is 3.97. The topological polar surface area (TPSA) is 63.6 Å². The summed E-state index contributed by atoms with van der Waals surface area (Å²) in [6.45, 7) is 1.80. The molecule has 0 rings (SSSR count). The summed E-state index contributed by atoms with van der Waals surface area (Å²) in [4.78, 5) is 21.3. The van der Waals surface area contributed by atoms with Crippen molar-refractivity contribution in [2.45, 2.75) is 58.3 Å². The summed E-state index contributed by atoms with van der Waals surface area (Å²) >= 11 is 0. The van der Waals surface area contributed by atoms with Gasteiger partial charge in [-0.05, 0) is 19.8 Å². The lowest BCUT2D eigenvalue weighted by Gasteiger charge is -2.00. The Hall–Kier alpha value is -1.32. The molecule has 0 saturated carbocycles. The summed E-state index contributed by atoms with van der Waals surface area (Å²) < 4.78 is 4.78. The van der Waals surface area contributed by atoms with Gasteiger partial charge in [0.15, 0.2) is 0 Å². The Morgan fingerprint density at radius 3 is 2.06 bits per heavy atom. The van der Waals surface area contributed by atoms with Crippen molar-refractivity contribution in [1.82, 2.24) is 0 Å². The molecule has 0 unspecified atom stereocenters. The minimum absolute atomic E-state index is 0.186. The van der Waals surface area contributed by atoms with E-state index in [0.29, 0.717) is 6.42 Å². The summed E-state index contributed by atoms with van der Waals surface area (Å²) in [5.41, 5.74) is 0. The molecule has 98 valence electrons. The Labute approximate surface area is 103 Å². The third-order valence-electron chi connectivity index (χ3n) is 2.36. The van der Waals surface area contributed by atoms with Gasteiger partial charge in [-0.25, -0.2) is 0 Å². The van der Waals surface area contributed by atoms with Crippen LogP contribution in [0.1, 0.15) is 58.3 Å². The molecule has 0 fully saturated rings. The van der Waals surface area contributed by atoms with Crippen LogP contribution in [0, 0.1) is 0 Å². The van der Waals surface area contributed by atoms with Crippen LogP contribution in [-0.4, -0.2) is 17.0 Å². The summed E-state index contributed by atoms with van der Waals surface area (Å²) in [6.07, 6.45) is 9.43. The number of carboxylic acids is 1. The lowest BCUT2D eigenvalue weighted by atomic mass is 10.1. The van der Waals surface area contributed by atoms with E-state index in [-0.39, 0.29) is 12.4 Å². The maximum absolute atomic E-state index is 11.1. The number of unbranched alkanes of at least 4 members (excludes halogenated alkanes) is 5. The van der Waals surface area contributed by atoms with Crippen molar-refractivity contribution in [2.75, 3.05) is 0 Å². The van der Waals surface area contributed by atoms with E-state index in [0.717, 1.165) is 38.5 Å². The number of allylic oxidation sites excluding steroid dienone is 1. The van der Waals surface area contributed by atoms with Crippen LogP contribution in [0.2, 0.25) is 0 Å². The number of hydrogen-bond acceptors (Lipinski definition) is 3. The molecule has 0 atom stereocenters. The Morgan fingerprint density at radius 1 is 1.00 bits per heavy atom. The van der Waals surface area contributed by atoms with Crippen molar-refractivity contribution in [3.8, 4) is 0 Å². The van der Waals surface area contributed by atoms with Crippen molar-refractivity contribution in [2.24, 2.45) is 0 Å². The fraction of sp³-hybridized carbons (Fsp3) is 0.692. The van der Waals surface area contributed by atoms with Gasteiger partial charge in [0.2, 0.25) is 0 Å². The Kier molecular flexibility index (Phi) is 10.3. The molecule has 0 aliphatic heterocycles. The Morgan fingerprint density at radius 2 is 1.53 bits per heavy atom. The molecule has 17 heavy (non-hydrogen) atoms. The zero-order valence-corrected chi connectivity index (χ0v) is 10.5. The first-order valence-corrected chi connectivity index (χ1v) is 6.19. The van der Waals surface area contributed by atoms with E-state index >= 15 is 0 Å². The van der Waals surface area contributed by atoms with E-state index in [9.17, 15) is 9.59 Å². The highest BCUT2D eigenvalue weighted by Gasteiger charge is 2.00. The second kappa shape index (κ2) is 11.2. The van der Waals surface area contributed by atoms with E-state index in [1.165, 1.54) is 6.26 Å². The number of carbonyl (C=O) groups excluding carboxylic acids is 1. The minimum atomic E-state index is -0.725. The largest absolute Gasteiger partial charge is 0.481 e. The van der Waals surface area contributed by atoms with Crippen molar-refractivity contribution in [3.63, 3.8) is 0 Å². The first kappa shape index (κ1) is 15.7. The predicted molar refractivity (Wildman–Crippen MR) is 65.5 cm³/mol. The number of hydrogen-bond donors (Lipinski definition) is 1. The SMILES string of the molecule is CC=COC(=O)CCCCCCCCC(=O)O. The van der Waals surface area contributed by atoms with Crippen molar-refractivity contribution < 1.29 is 19.4 Å². The van der Waals surface area contributed by atoms with Crippen LogP contribution in [0.15, 0.2) is 12.3 Å². The molecule has 0 radical (unpaired) electrons. The van der Waals surface area contributed by atoms with E-state index in [1.54, 1.807) is 13.0 Å². The van der Waals surface area contributed by atoms with Gasteiger partial charge in [-0.1, -0.05) is 31.8 Å². The average Bonchev–Trinajstić information content (AvgIpc) is 2.29. The number of aliphatic carboxylic acids is 1. The van der Waals surface area contributed by atoms with Crippen LogP contribution in [0.4, 0.5) is 0 Å². The predicted octanol–water partition coefficient (Wildman–Crippen LogP) is 3.27. The number of carbonyl (C=O) groups is 2. The van der Waals surface area contributed by atoms with Crippen molar-refractivity contribution >= 4 is 11.9 Å². The van der Waals surface area contributed by atoms with Crippen LogP contribution in [0.3, 0.4) is 0 Å². The van der Waals surface area contributed by atoms with Crippen LogP contribution in [0.25, 0.3) is 0 Å². The van der Waals surface area contributed by atoms with Gasteiger partial charge < -0.3 is 9.84 Å². The molecule has 0 aliphatic carbocycles. The molecule has 4 nitrogen and oxygen atoms in total. The second-order valence-electron chi connectivity index (χ2n) is 3.97. The van der Waals surface area contributed by atoms with Gasteiger partial charge in [-0.2, -0.15) is 0 Å². The highest BCUT2D eigenvalue weighted by Crippen LogP contribution is 2.09. The Bertz CT molecular complexity index is 246. The normalized spacial score (nSPS) is 10.6. The van der Waals surface area contributed by atoms with Crippen LogP contribution < -0.4 is 0 Å². The smallest absolute Gasteiger partial charge is 0.310 e. The van der Waals surface area contributed by atoms with Gasteiger partial charge >= 0.3 is 11.9 Å². The molecule has 0 saturated heterocycles. The summed E-state index contributed by atoms with van der Waals surface area (Å²) in [5, 5.41) is 8.43. The molecule has 1 N–H and O–H groups in total. The first-order valence-electron chi connectivity index (χ1n) is 6.19. The molecular formula is C13H22O4. The fourth-order valence-corrected chi connectivity index (χ4v) is 1.46. The quantitative estimate of drug-likeness (QED) is 0.363. The number of esters is 1.